The van der Waals surface area contributed by atoms with Crippen LogP contribution in [0.4, 0.5) is 0 Å². The topological polar surface area (TPSA) is 233 Å². The highest BCUT2D eigenvalue weighted by Gasteiger charge is 2.20. The van der Waals surface area contributed by atoms with Gasteiger partial charge in [-0.3, -0.25) is 24.0 Å². The van der Waals surface area contributed by atoms with Crippen LogP contribution in [-0.2, 0) is 43.1 Å². The molecule has 0 saturated carbocycles. The molecule has 0 aromatic rings. The summed E-state index contributed by atoms with van der Waals surface area (Å²) >= 11 is 0. The minimum absolute atomic E-state index is 0.105. The number of carboxylic acid groups (broad SMARTS) is 2. The molecule has 15 nitrogen and oxygen atoms in total. The summed E-state index contributed by atoms with van der Waals surface area (Å²) in [6.07, 6.45) is 26.3. The van der Waals surface area contributed by atoms with Gasteiger partial charge in [-0.05, 0) is 12.8 Å². The first-order chi connectivity index (χ1) is 23.6. The zero-order valence-electron chi connectivity index (χ0n) is 27.2. The van der Waals surface area contributed by atoms with Gasteiger partial charge in [-0.15, -0.1) is 0 Å². The largest absolute Gasteiger partial charge is 0.480 e. The maximum Gasteiger partial charge on any atom is 0.328 e. The summed E-state index contributed by atoms with van der Waals surface area (Å²) in [7, 11) is 0. The molecule has 0 aromatic carbocycles. The number of nitrogens with one attached hydrogen (secondary N) is 3. The van der Waals surface area contributed by atoms with Crippen molar-refractivity contribution in [3.8, 4) is 0 Å². The van der Waals surface area contributed by atoms with Crippen LogP contribution in [0.25, 0.3) is 0 Å². The van der Waals surface area contributed by atoms with E-state index in [1.165, 1.54) is 18.2 Å². The first-order valence-corrected chi connectivity index (χ1v) is 15.3. The molecule has 268 valence electrons. The highest BCUT2D eigenvalue weighted by molar-refractivity contribution is 5.91. The van der Waals surface area contributed by atoms with Crippen molar-refractivity contribution in [2.45, 2.75) is 31.7 Å². The van der Waals surface area contributed by atoms with Crippen LogP contribution < -0.4 is 21.8 Å². The van der Waals surface area contributed by atoms with Crippen molar-refractivity contribution < 1.29 is 53.3 Å². The smallest absolute Gasteiger partial charge is 0.328 e. The minimum Gasteiger partial charge on any atom is -0.480 e. The number of rotatable bonds is 28. The lowest BCUT2D eigenvalue weighted by atomic mass is 10.1. The Hall–Kier alpha value is -5.22. The SMILES string of the molecule is NOCC(=O)CCCNC(=O)COCCOCCNC(=O)CC[C@H](NC(=O)\C=C/C=C/C=C/C=C/C=C/C=C/C=C/C=C\C(=O)O)C(=O)O. The van der Waals surface area contributed by atoms with Crippen LogP contribution in [-0.4, -0.2) is 97.8 Å². The quantitative estimate of drug-likeness (QED) is 0.0297. The minimum atomic E-state index is -1.27. The average molecular weight is 687 g/mol. The first-order valence-electron chi connectivity index (χ1n) is 15.3. The molecule has 49 heavy (non-hydrogen) atoms. The number of Topliss-reactive ketones (excluding diaryl/α,β-unsaturated/α-hetero) is 1. The van der Waals surface area contributed by atoms with E-state index < -0.39 is 29.8 Å². The number of nitrogens with two attached hydrogens (primary N) is 1. The fourth-order valence-electron chi connectivity index (χ4n) is 3.27. The fraction of sp³-hybridized carbons (Fsp3) is 0.353. The van der Waals surface area contributed by atoms with E-state index in [-0.39, 0.29) is 70.5 Å². The number of carboxylic acids is 2. The number of amides is 3. The Balaban J connectivity index is 4.08. The Morgan fingerprint density at radius 2 is 1.14 bits per heavy atom. The Bertz CT molecular complexity index is 1260. The van der Waals surface area contributed by atoms with E-state index in [2.05, 4.69) is 20.8 Å². The van der Waals surface area contributed by atoms with Gasteiger partial charge in [0.05, 0.1) is 19.8 Å². The number of ketones is 1. The Kier molecular flexibility index (Phi) is 28.0. The normalized spacial score (nSPS) is 12.8. The second-order valence-corrected chi connectivity index (χ2v) is 9.62. The summed E-state index contributed by atoms with van der Waals surface area (Å²) < 4.78 is 10.5. The number of carbonyl (C=O) groups is 6. The Morgan fingerprint density at radius 1 is 0.612 bits per heavy atom. The molecule has 0 aromatic heterocycles. The third kappa shape index (κ3) is 31.2. The van der Waals surface area contributed by atoms with Gasteiger partial charge in [0.1, 0.15) is 19.3 Å². The molecule has 0 heterocycles. The number of ether oxygens (including phenoxy) is 2. The van der Waals surface area contributed by atoms with Crippen LogP contribution in [0, 0.1) is 0 Å². The summed E-state index contributed by atoms with van der Waals surface area (Å²) in [6.45, 7) is 0.689. The molecule has 0 unspecified atom stereocenters. The zero-order valence-corrected chi connectivity index (χ0v) is 27.2. The lowest BCUT2D eigenvalue weighted by Crippen LogP contribution is -2.41. The van der Waals surface area contributed by atoms with Crippen molar-refractivity contribution in [2.75, 3.05) is 46.1 Å². The molecule has 0 rings (SSSR count). The van der Waals surface area contributed by atoms with E-state index in [0.717, 1.165) is 6.08 Å². The molecule has 0 bridgehead atoms. The van der Waals surface area contributed by atoms with Crippen molar-refractivity contribution in [1.29, 1.82) is 0 Å². The summed E-state index contributed by atoms with van der Waals surface area (Å²) in [5.74, 6) is 1.03. The van der Waals surface area contributed by atoms with Gasteiger partial charge >= 0.3 is 11.9 Å². The molecule has 15 heteroatoms. The lowest BCUT2D eigenvalue weighted by molar-refractivity contribution is -0.141. The third-order valence-electron chi connectivity index (χ3n) is 5.58. The molecule has 0 aliphatic carbocycles. The van der Waals surface area contributed by atoms with Crippen LogP contribution >= 0.6 is 0 Å². The second-order valence-electron chi connectivity index (χ2n) is 9.62. The van der Waals surface area contributed by atoms with Gasteiger partial charge in [0.15, 0.2) is 5.78 Å². The predicted molar refractivity (Wildman–Crippen MR) is 182 cm³/mol. The van der Waals surface area contributed by atoms with Gasteiger partial charge in [-0.25, -0.2) is 15.5 Å². The van der Waals surface area contributed by atoms with E-state index >= 15 is 0 Å². The Morgan fingerprint density at radius 3 is 1.69 bits per heavy atom. The molecule has 0 fully saturated rings. The Labute approximate surface area is 285 Å². The number of carbonyl (C=O) groups excluding carboxylic acids is 4. The fourth-order valence-corrected chi connectivity index (χ4v) is 3.27. The van der Waals surface area contributed by atoms with Crippen molar-refractivity contribution in [3.63, 3.8) is 0 Å². The van der Waals surface area contributed by atoms with Crippen LogP contribution in [0.5, 0.6) is 0 Å². The standard InChI is InChI=1S/C34H46N4O11/c35-49-26-28(39)16-15-21-36-32(42)27-48-25-24-47-23-22-37-30(40)20-19-29(34(45)46)38-31(41)17-13-11-9-7-5-3-1-2-4-6-8-10-12-14-18-33(43)44/h1-14,17-18,29H,15-16,19-27,35H2,(H,36,42)(H,37,40)(H,38,41)(H,43,44)(H,45,46)/b3-1+,4-2+,7-5+,8-6+,11-9+,12-10+,17-13-,18-14-/t29-/m0/s1. The van der Waals surface area contributed by atoms with E-state index in [0.29, 0.717) is 13.0 Å². The highest BCUT2D eigenvalue weighted by Crippen LogP contribution is 1.99. The van der Waals surface area contributed by atoms with Gasteiger partial charge in [-0.1, -0.05) is 85.1 Å². The molecule has 0 aliphatic rings. The van der Waals surface area contributed by atoms with Gasteiger partial charge in [0.25, 0.3) is 0 Å². The third-order valence-corrected chi connectivity index (χ3v) is 5.58. The van der Waals surface area contributed by atoms with Crippen LogP contribution in [0.1, 0.15) is 25.7 Å². The summed E-state index contributed by atoms with van der Waals surface area (Å²) in [4.78, 5) is 73.1. The lowest BCUT2D eigenvalue weighted by Gasteiger charge is -2.13. The average Bonchev–Trinajstić information content (AvgIpc) is 3.05. The van der Waals surface area contributed by atoms with Gasteiger partial charge in [-0.2, -0.15) is 0 Å². The van der Waals surface area contributed by atoms with Crippen LogP contribution in [0.3, 0.4) is 0 Å². The molecule has 0 radical (unpaired) electrons. The number of hydrogen-bond donors (Lipinski definition) is 6. The van der Waals surface area contributed by atoms with Gasteiger partial charge in [0, 0.05) is 38.1 Å². The summed E-state index contributed by atoms with van der Waals surface area (Å²) in [5.41, 5.74) is 0. The molecule has 0 saturated heterocycles. The highest BCUT2D eigenvalue weighted by atomic mass is 16.6. The maximum atomic E-state index is 12.1. The first kappa shape index (κ1) is 43.8. The van der Waals surface area contributed by atoms with Crippen LogP contribution in [0.2, 0.25) is 0 Å². The summed E-state index contributed by atoms with van der Waals surface area (Å²) in [6, 6.07) is -1.25. The van der Waals surface area contributed by atoms with E-state index in [4.69, 9.17) is 20.5 Å². The molecule has 0 spiro atoms. The molecule has 0 aliphatic heterocycles. The number of hydrogen-bond acceptors (Lipinski definition) is 10. The molecule has 1 atom stereocenters. The maximum absolute atomic E-state index is 12.1. The van der Waals surface area contributed by atoms with Gasteiger partial charge in [0.2, 0.25) is 17.7 Å². The monoisotopic (exact) mass is 686 g/mol. The van der Waals surface area contributed by atoms with Crippen molar-refractivity contribution in [1.82, 2.24) is 16.0 Å². The van der Waals surface area contributed by atoms with Crippen molar-refractivity contribution in [3.05, 3.63) is 97.2 Å². The summed E-state index contributed by atoms with van der Waals surface area (Å²) in [5, 5.41) is 25.4. The molecular weight excluding hydrogens is 640 g/mol. The number of allylic oxidation sites excluding steroid dienone is 14. The number of aliphatic carboxylic acids is 2. The van der Waals surface area contributed by atoms with E-state index in [9.17, 15) is 33.9 Å². The molecule has 3 amide bonds. The second kappa shape index (κ2) is 31.4. The molecular formula is C34H46N4O11. The predicted octanol–water partition coefficient (Wildman–Crippen LogP) is 1.38. The van der Waals surface area contributed by atoms with Crippen molar-refractivity contribution in [2.24, 2.45) is 5.90 Å². The van der Waals surface area contributed by atoms with Gasteiger partial charge < -0.3 is 35.6 Å². The van der Waals surface area contributed by atoms with E-state index in [1.807, 2.05) is 0 Å². The van der Waals surface area contributed by atoms with Crippen LogP contribution in [0.15, 0.2) is 97.2 Å². The van der Waals surface area contributed by atoms with Crippen molar-refractivity contribution >= 4 is 35.4 Å². The zero-order chi connectivity index (χ0) is 36.4. The molecule has 7 N–H and O–H groups in total. The van der Waals surface area contributed by atoms with E-state index in [1.54, 1.807) is 72.9 Å².